The summed E-state index contributed by atoms with van der Waals surface area (Å²) in [7, 11) is 0. The number of anilines is 1. The maximum atomic E-state index is 8.80. The van der Waals surface area contributed by atoms with E-state index in [2.05, 4.69) is 10.3 Å². The standard InChI is InChI=1S/C12H15N3O/c1-10-14-9-12(13-7-8-16)15(10)11-5-3-2-4-6-11/h2-6,9,13,16H,7-8H2,1H3. The normalized spacial score (nSPS) is 10.4. The summed E-state index contributed by atoms with van der Waals surface area (Å²) < 4.78 is 2.02. The first-order chi connectivity index (χ1) is 7.83. The molecule has 0 spiro atoms. The van der Waals surface area contributed by atoms with Gasteiger partial charge in [0.1, 0.15) is 11.6 Å². The summed E-state index contributed by atoms with van der Waals surface area (Å²) >= 11 is 0. The minimum atomic E-state index is 0.110. The maximum Gasteiger partial charge on any atom is 0.130 e. The zero-order valence-corrected chi connectivity index (χ0v) is 9.22. The van der Waals surface area contributed by atoms with Crippen LogP contribution in [-0.4, -0.2) is 27.8 Å². The highest BCUT2D eigenvalue weighted by Gasteiger charge is 2.07. The average Bonchev–Trinajstić information content (AvgIpc) is 2.69. The van der Waals surface area contributed by atoms with Crippen LogP contribution in [0.3, 0.4) is 0 Å². The molecule has 2 aromatic rings. The van der Waals surface area contributed by atoms with Crippen molar-refractivity contribution in [2.24, 2.45) is 0 Å². The molecule has 0 amide bonds. The molecule has 0 fully saturated rings. The summed E-state index contributed by atoms with van der Waals surface area (Å²) in [5.74, 6) is 1.82. The summed E-state index contributed by atoms with van der Waals surface area (Å²) in [6.07, 6.45) is 1.78. The number of para-hydroxylation sites is 1. The van der Waals surface area contributed by atoms with Crippen LogP contribution in [0.15, 0.2) is 36.5 Å². The van der Waals surface area contributed by atoms with Crippen LogP contribution in [-0.2, 0) is 0 Å². The molecule has 0 atom stereocenters. The summed E-state index contributed by atoms with van der Waals surface area (Å²) in [5, 5.41) is 11.9. The van der Waals surface area contributed by atoms with Gasteiger partial charge < -0.3 is 10.4 Å². The topological polar surface area (TPSA) is 50.1 Å². The van der Waals surface area contributed by atoms with Crippen molar-refractivity contribution < 1.29 is 5.11 Å². The van der Waals surface area contributed by atoms with Crippen molar-refractivity contribution in [3.05, 3.63) is 42.4 Å². The molecule has 1 aromatic heterocycles. The van der Waals surface area contributed by atoms with Crippen LogP contribution >= 0.6 is 0 Å². The van der Waals surface area contributed by atoms with Crippen LogP contribution in [0, 0.1) is 6.92 Å². The molecule has 1 aromatic carbocycles. The molecule has 0 aliphatic rings. The second kappa shape index (κ2) is 4.81. The number of hydrogen-bond acceptors (Lipinski definition) is 3. The van der Waals surface area contributed by atoms with E-state index in [0.717, 1.165) is 17.3 Å². The Bertz CT molecular complexity index is 451. The smallest absolute Gasteiger partial charge is 0.130 e. The first-order valence-corrected chi connectivity index (χ1v) is 5.27. The van der Waals surface area contributed by atoms with Gasteiger partial charge in [-0.2, -0.15) is 0 Å². The third kappa shape index (κ3) is 2.06. The fourth-order valence-corrected chi connectivity index (χ4v) is 1.66. The molecule has 2 N–H and O–H groups in total. The minimum Gasteiger partial charge on any atom is -0.395 e. The van der Waals surface area contributed by atoms with E-state index in [9.17, 15) is 0 Å². The van der Waals surface area contributed by atoms with Gasteiger partial charge in [-0.3, -0.25) is 4.57 Å². The molecule has 0 saturated heterocycles. The minimum absolute atomic E-state index is 0.110. The zero-order valence-electron chi connectivity index (χ0n) is 9.22. The number of hydrogen-bond donors (Lipinski definition) is 2. The van der Waals surface area contributed by atoms with Crippen molar-refractivity contribution in [3.63, 3.8) is 0 Å². The van der Waals surface area contributed by atoms with Gasteiger partial charge in [0.2, 0.25) is 0 Å². The first kappa shape index (κ1) is 10.7. The number of nitrogens with zero attached hydrogens (tertiary/aromatic N) is 2. The summed E-state index contributed by atoms with van der Waals surface area (Å²) in [4.78, 5) is 4.26. The lowest BCUT2D eigenvalue weighted by Gasteiger charge is -2.11. The number of nitrogens with one attached hydrogen (secondary N) is 1. The highest BCUT2D eigenvalue weighted by molar-refractivity contribution is 5.46. The molecule has 0 radical (unpaired) electrons. The molecule has 16 heavy (non-hydrogen) atoms. The van der Waals surface area contributed by atoms with E-state index >= 15 is 0 Å². The third-order valence-electron chi connectivity index (χ3n) is 2.37. The van der Waals surface area contributed by atoms with Crippen molar-refractivity contribution >= 4 is 5.82 Å². The van der Waals surface area contributed by atoms with Crippen LogP contribution in [0.5, 0.6) is 0 Å². The van der Waals surface area contributed by atoms with Gasteiger partial charge >= 0.3 is 0 Å². The van der Waals surface area contributed by atoms with Gasteiger partial charge in [-0.25, -0.2) is 4.98 Å². The quantitative estimate of drug-likeness (QED) is 0.817. The van der Waals surface area contributed by atoms with Gasteiger partial charge in [0.25, 0.3) is 0 Å². The summed E-state index contributed by atoms with van der Waals surface area (Å²) in [6.45, 7) is 2.59. The first-order valence-electron chi connectivity index (χ1n) is 5.27. The van der Waals surface area contributed by atoms with E-state index in [0.29, 0.717) is 6.54 Å². The Morgan fingerprint density at radius 3 is 2.75 bits per heavy atom. The van der Waals surface area contributed by atoms with Crippen molar-refractivity contribution in [1.82, 2.24) is 9.55 Å². The molecular formula is C12H15N3O. The highest BCUT2D eigenvalue weighted by Crippen LogP contribution is 2.17. The Kier molecular flexibility index (Phi) is 3.22. The van der Waals surface area contributed by atoms with Crippen LogP contribution in [0.2, 0.25) is 0 Å². The Balaban J connectivity index is 2.35. The lowest BCUT2D eigenvalue weighted by Crippen LogP contribution is -2.10. The molecule has 0 aliphatic carbocycles. The van der Waals surface area contributed by atoms with Gasteiger partial charge in [0.05, 0.1) is 12.8 Å². The SMILES string of the molecule is Cc1ncc(NCCO)n1-c1ccccc1. The number of aryl methyl sites for hydroxylation is 1. The fourth-order valence-electron chi connectivity index (χ4n) is 1.66. The van der Waals surface area contributed by atoms with Crippen molar-refractivity contribution in [2.45, 2.75) is 6.92 Å². The Labute approximate surface area is 94.6 Å². The molecule has 0 unspecified atom stereocenters. The van der Waals surface area contributed by atoms with E-state index in [1.807, 2.05) is 41.8 Å². The van der Waals surface area contributed by atoms with Crippen molar-refractivity contribution in [1.29, 1.82) is 0 Å². The van der Waals surface area contributed by atoms with E-state index in [1.54, 1.807) is 6.20 Å². The molecule has 1 heterocycles. The molecule has 0 aliphatic heterocycles. The van der Waals surface area contributed by atoms with Crippen LogP contribution in [0.1, 0.15) is 5.82 Å². The number of aromatic nitrogens is 2. The molecule has 0 bridgehead atoms. The lowest BCUT2D eigenvalue weighted by atomic mass is 10.3. The molecule has 4 nitrogen and oxygen atoms in total. The molecule has 2 rings (SSSR count). The van der Waals surface area contributed by atoms with Crippen molar-refractivity contribution in [3.8, 4) is 5.69 Å². The van der Waals surface area contributed by atoms with Crippen LogP contribution < -0.4 is 5.32 Å². The van der Waals surface area contributed by atoms with Crippen LogP contribution in [0.4, 0.5) is 5.82 Å². The highest BCUT2D eigenvalue weighted by atomic mass is 16.3. The molecular weight excluding hydrogens is 202 g/mol. The second-order valence-corrected chi connectivity index (χ2v) is 3.51. The summed E-state index contributed by atoms with van der Waals surface area (Å²) in [5.41, 5.74) is 1.07. The Morgan fingerprint density at radius 2 is 2.06 bits per heavy atom. The van der Waals surface area contributed by atoms with E-state index < -0.39 is 0 Å². The van der Waals surface area contributed by atoms with E-state index in [4.69, 9.17) is 5.11 Å². The predicted octanol–water partition coefficient (Wildman–Crippen LogP) is 1.58. The number of aliphatic hydroxyl groups is 1. The second-order valence-electron chi connectivity index (χ2n) is 3.51. The van der Waals surface area contributed by atoms with E-state index in [-0.39, 0.29) is 6.61 Å². The van der Waals surface area contributed by atoms with E-state index in [1.165, 1.54) is 0 Å². The number of benzene rings is 1. The van der Waals surface area contributed by atoms with Gasteiger partial charge in [-0.05, 0) is 19.1 Å². The Morgan fingerprint density at radius 1 is 1.31 bits per heavy atom. The largest absolute Gasteiger partial charge is 0.395 e. The monoisotopic (exact) mass is 217 g/mol. The summed E-state index contributed by atoms with van der Waals surface area (Å²) in [6, 6.07) is 10.0. The molecule has 84 valence electrons. The van der Waals surface area contributed by atoms with Gasteiger partial charge in [-0.15, -0.1) is 0 Å². The number of aliphatic hydroxyl groups excluding tert-OH is 1. The number of imidazole rings is 1. The van der Waals surface area contributed by atoms with Gasteiger partial charge in [0, 0.05) is 12.2 Å². The maximum absolute atomic E-state index is 8.80. The lowest BCUT2D eigenvalue weighted by molar-refractivity contribution is 0.311. The molecule has 0 saturated carbocycles. The fraction of sp³-hybridized carbons (Fsp3) is 0.250. The van der Waals surface area contributed by atoms with Crippen LogP contribution in [0.25, 0.3) is 5.69 Å². The van der Waals surface area contributed by atoms with Gasteiger partial charge in [0.15, 0.2) is 0 Å². The van der Waals surface area contributed by atoms with Gasteiger partial charge in [-0.1, -0.05) is 18.2 Å². The van der Waals surface area contributed by atoms with Crippen molar-refractivity contribution in [2.75, 3.05) is 18.5 Å². The number of rotatable bonds is 4. The average molecular weight is 217 g/mol. The Hall–Kier alpha value is -1.81. The predicted molar refractivity (Wildman–Crippen MR) is 63.9 cm³/mol. The third-order valence-corrected chi connectivity index (χ3v) is 2.37. The zero-order chi connectivity index (χ0) is 11.4. The molecule has 4 heteroatoms.